The minimum Gasteiger partial charge on any atom is -0.316 e. The number of carbonyl (C=O) groups excluding carboxylic acids is 2. The van der Waals surface area contributed by atoms with Crippen molar-refractivity contribution in [2.75, 3.05) is 11.9 Å². The molecule has 2 amide bonds. The van der Waals surface area contributed by atoms with Gasteiger partial charge in [0.15, 0.2) is 0 Å². The highest BCUT2D eigenvalue weighted by molar-refractivity contribution is 6.34. The second-order valence-electron chi connectivity index (χ2n) is 4.65. The molecule has 100 valence electrons. The molecule has 20 heavy (non-hydrogen) atoms. The number of hydrogen-bond acceptors (Lipinski definition) is 3. The van der Waals surface area contributed by atoms with Crippen LogP contribution in [-0.2, 0) is 6.54 Å². The molecule has 0 saturated heterocycles. The quantitative estimate of drug-likeness (QED) is 0.866. The van der Waals surface area contributed by atoms with E-state index in [-0.39, 0.29) is 11.8 Å². The zero-order chi connectivity index (χ0) is 14.1. The largest absolute Gasteiger partial charge is 0.316 e. The van der Waals surface area contributed by atoms with Crippen LogP contribution in [-0.4, -0.2) is 18.9 Å². The van der Waals surface area contributed by atoms with Gasteiger partial charge in [-0.3, -0.25) is 9.59 Å². The molecular formula is C16H14N2O2. The number of amides is 2. The average molecular weight is 266 g/mol. The molecule has 1 aliphatic rings. The van der Waals surface area contributed by atoms with Crippen molar-refractivity contribution in [1.29, 1.82) is 0 Å². The predicted octanol–water partition coefficient (Wildman–Crippen LogP) is 2.21. The molecule has 4 nitrogen and oxygen atoms in total. The van der Waals surface area contributed by atoms with E-state index in [9.17, 15) is 9.59 Å². The third kappa shape index (κ3) is 1.82. The number of carbonyl (C=O) groups is 2. The first-order chi connectivity index (χ1) is 9.74. The molecule has 0 bridgehead atoms. The second kappa shape index (κ2) is 4.90. The van der Waals surface area contributed by atoms with Crippen molar-refractivity contribution in [3.05, 3.63) is 65.2 Å². The normalized spacial score (nSPS) is 13.8. The number of imide groups is 1. The van der Waals surface area contributed by atoms with Crippen molar-refractivity contribution in [2.45, 2.75) is 6.54 Å². The van der Waals surface area contributed by atoms with Crippen LogP contribution in [0.25, 0.3) is 0 Å². The van der Waals surface area contributed by atoms with E-state index in [2.05, 4.69) is 5.32 Å². The summed E-state index contributed by atoms with van der Waals surface area (Å²) < 4.78 is 0. The minimum absolute atomic E-state index is 0.255. The van der Waals surface area contributed by atoms with Gasteiger partial charge in [-0.2, -0.15) is 0 Å². The van der Waals surface area contributed by atoms with E-state index in [1.165, 1.54) is 4.90 Å². The van der Waals surface area contributed by atoms with Crippen LogP contribution in [0, 0.1) is 0 Å². The SMILES string of the molecule is CNCc1ccccc1N1C(=O)c2ccccc2C1=O. The Morgan fingerprint density at radius 1 is 0.900 bits per heavy atom. The molecule has 0 fully saturated rings. The summed E-state index contributed by atoms with van der Waals surface area (Å²) in [4.78, 5) is 26.2. The number of fused-ring (bicyclic) bond motifs is 1. The first-order valence-electron chi connectivity index (χ1n) is 6.44. The zero-order valence-electron chi connectivity index (χ0n) is 11.1. The van der Waals surface area contributed by atoms with Gasteiger partial charge in [-0.05, 0) is 30.8 Å². The summed E-state index contributed by atoms with van der Waals surface area (Å²) >= 11 is 0. The minimum atomic E-state index is -0.255. The molecule has 0 radical (unpaired) electrons. The maximum atomic E-state index is 12.4. The average Bonchev–Trinajstić information content (AvgIpc) is 2.73. The summed E-state index contributed by atoms with van der Waals surface area (Å²) in [5, 5.41) is 3.05. The molecule has 0 spiro atoms. The van der Waals surface area contributed by atoms with Crippen LogP contribution in [0.4, 0.5) is 5.69 Å². The number of nitrogens with zero attached hydrogens (tertiary/aromatic N) is 1. The van der Waals surface area contributed by atoms with Gasteiger partial charge in [-0.15, -0.1) is 0 Å². The molecule has 1 aliphatic heterocycles. The molecular weight excluding hydrogens is 252 g/mol. The van der Waals surface area contributed by atoms with E-state index in [1.807, 2.05) is 25.2 Å². The first kappa shape index (κ1) is 12.6. The molecule has 2 aromatic carbocycles. The maximum absolute atomic E-state index is 12.4. The van der Waals surface area contributed by atoms with Crippen LogP contribution < -0.4 is 10.2 Å². The summed E-state index contributed by atoms with van der Waals surface area (Å²) in [6.07, 6.45) is 0. The number of anilines is 1. The highest BCUT2D eigenvalue weighted by Gasteiger charge is 2.36. The Hall–Kier alpha value is -2.46. The van der Waals surface area contributed by atoms with Gasteiger partial charge < -0.3 is 5.32 Å². The Bertz CT molecular complexity index is 659. The van der Waals surface area contributed by atoms with E-state index in [4.69, 9.17) is 0 Å². The molecule has 0 atom stereocenters. The highest BCUT2D eigenvalue weighted by atomic mass is 16.2. The lowest BCUT2D eigenvalue weighted by atomic mass is 10.1. The van der Waals surface area contributed by atoms with Gasteiger partial charge in [-0.1, -0.05) is 30.3 Å². The van der Waals surface area contributed by atoms with Gasteiger partial charge >= 0.3 is 0 Å². The maximum Gasteiger partial charge on any atom is 0.266 e. The summed E-state index contributed by atoms with van der Waals surface area (Å²) in [6.45, 7) is 0.601. The van der Waals surface area contributed by atoms with E-state index < -0.39 is 0 Å². The molecule has 0 aliphatic carbocycles. The fraction of sp³-hybridized carbons (Fsp3) is 0.125. The van der Waals surface area contributed by atoms with Crippen LogP contribution in [0.15, 0.2) is 48.5 Å². The van der Waals surface area contributed by atoms with E-state index in [1.54, 1.807) is 30.3 Å². The smallest absolute Gasteiger partial charge is 0.266 e. The van der Waals surface area contributed by atoms with Gasteiger partial charge in [0.2, 0.25) is 0 Å². The molecule has 0 aromatic heterocycles. The molecule has 0 saturated carbocycles. The van der Waals surface area contributed by atoms with Gasteiger partial charge in [0.25, 0.3) is 11.8 Å². The third-order valence-corrected chi connectivity index (χ3v) is 3.39. The van der Waals surface area contributed by atoms with Crippen molar-refractivity contribution in [2.24, 2.45) is 0 Å². The number of rotatable bonds is 3. The third-order valence-electron chi connectivity index (χ3n) is 3.39. The van der Waals surface area contributed by atoms with Gasteiger partial charge in [0.05, 0.1) is 16.8 Å². The Kier molecular flexibility index (Phi) is 3.08. The Morgan fingerprint density at radius 2 is 1.45 bits per heavy atom. The lowest BCUT2D eigenvalue weighted by molar-refractivity contribution is 0.0926. The monoisotopic (exact) mass is 266 g/mol. The Balaban J connectivity index is 2.10. The van der Waals surface area contributed by atoms with Gasteiger partial charge in [0, 0.05) is 6.54 Å². The van der Waals surface area contributed by atoms with E-state index in [0.29, 0.717) is 23.4 Å². The van der Waals surface area contributed by atoms with Crippen LogP contribution in [0.1, 0.15) is 26.3 Å². The van der Waals surface area contributed by atoms with Crippen molar-refractivity contribution >= 4 is 17.5 Å². The second-order valence-corrected chi connectivity index (χ2v) is 4.65. The standard InChI is InChI=1S/C16H14N2O2/c1-17-10-11-6-2-5-9-14(11)18-15(19)12-7-3-4-8-13(12)16(18)20/h2-9,17H,10H2,1H3. The summed E-state index contributed by atoms with van der Waals surface area (Å²) in [7, 11) is 1.83. The molecule has 2 aromatic rings. The van der Waals surface area contributed by atoms with Crippen molar-refractivity contribution in [1.82, 2.24) is 5.32 Å². The van der Waals surface area contributed by atoms with Crippen LogP contribution in [0.3, 0.4) is 0 Å². The fourth-order valence-corrected chi connectivity index (χ4v) is 2.48. The molecule has 3 rings (SSSR count). The first-order valence-corrected chi connectivity index (χ1v) is 6.44. The highest BCUT2D eigenvalue weighted by Crippen LogP contribution is 2.30. The fourth-order valence-electron chi connectivity index (χ4n) is 2.48. The summed E-state index contributed by atoms with van der Waals surface area (Å²) in [5.41, 5.74) is 2.51. The number of para-hydroxylation sites is 1. The molecule has 0 unspecified atom stereocenters. The summed E-state index contributed by atoms with van der Waals surface area (Å²) in [5.74, 6) is -0.511. The van der Waals surface area contributed by atoms with Crippen molar-refractivity contribution < 1.29 is 9.59 Å². The topological polar surface area (TPSA) is 49.4 Å². The number of nitrogens with one attached hydrogen (secondary N) is 1. The van der Waals surface area contributed by atoms with Crippen molar-refractivity contribution in [3.8, 4) is 0 Å². The van der Waals surface area contributed by atoms with Crippen LogP contribution >= 0.6 is 0 Å². The number of hydrogen-bond donors (Lipinski definition) is 1. The van der Waals surface area contributed by atoms with Gasteiger partial charge in [-0.25, -0.2) is 4.90 Å². The lowest BCUT2D eigenvalue weighted by Crippen LogP contribution is -2.30. The van der Waals surface area contributed by atoms with E-state index >= 15 is 0 Å². The van der Waals surface area contributed by atoms with Crippen molar-refractivity contribution in [3.63, 3.8) is 0 Å². The number of benzene rings is 2. The Morgan fingerprint density at radius 3 is 2.05 bits per heavy atom. The molecule has 1 heterocycles. The Labute approximate surface area is 117 Å². The molecule has 4 heteroatoms. The van der Waals surface area contributed by atoms with E-state index in [0.717, 1.165) is 5.56 Å². The van der Waals surface area contributed by atoms with Crippen LogP contribution in [0.2, 0.25) is 0 Å². The predicted molar refractivity (Wildman–Crippen MR) is 76.8 cm³/mol. The van der Waals surface area contributed by atoms with Gasteiger partial charge in [0.1, 0.15) is 0 Å². The summed E-state index contributed by atoms with van der Waals surface area (Å²) in [6, 6.07) is 14.4. The lowest BCUT2D eigenvalue weighted by Gasteiger charge is -2.18. The zero-order valence-corrected chi connectivity index (χ0v) is 11.1. The molecule has 1 N–H and O–H groups in total. The van der Waals surface area contributed by atoms with Crippen LogP contribution in [0.5, 0.6) is 0 Å².